The number of amides is 1. The van der Waals surface area contributed by atoms with Crippen molar-refractivity contribution in [2.24, 2.45) is 0 Å². The molecule has 2 atom stereocenters. The second kappa shape index (κ2) is 9.05. The number of piperazine rings is 1. The molecule has 2 aromatic carbocycles. The summed E-state index contributed by atoms with van der Waals surface area (Å²) in [5.41, 5.74) is 2.36. The lowest BCUT2D eigenvalue weighted by molar-refractivity contribution is -0.135. The minimum Gasteiger partial charge on any atom is -0.494 e. The van der Waals surface area contributed by atoms with E-state index in [1.54, 1.807) is 0 Å². The van der Waals surface area contributed by atoms with Crippen LogP contribution in [0.3, 0.4) is 0 Å². The number of ether oxygens (including phenoxy) is 1. The standard InChI is InChI=1S/C23H30N2O2/c1-4-27-22-12-10-20(11-13-22)14-23(26)24-15-18(2)25(19(3)16-24)17-21-8-6-5-7-9-21/h5-13,18-19H,4,14-17H2,1-3H3. The average molecular weight is 367 g/mol. The summed E-state index contributed by atoms with van der Waals surface area (Å²) < 4.78 is 5.47. The van der Waals surface area contributed by atoms with E-state index >= 15 is 0 Å². The van der Waals surface area contributed by atoms with Gasteiger partial charge < -0.3 is 9.64 Å². The van der Waals surface area contributed by atoms with E-state index in [1.165, 1.54) is 5.56 Å². The lowest BCUT2D eigenvalue weighted by Crippen LogP contribution is -2.57. The quantitative estimate of drug-likeness (QED) is 0.781. The van der Waals surface area contributed by atoms with Crippen molar-refractivity contribution in [1.82, 2.24) is 9.80 Å². The second-order valence-corrected chi connectivity index (χ2v) is 7.41. The predicted octanol–water partition coefficient (Wildman–Crippen LogP) is 3.75. The molecule has 1 amide bonds. The van der Waals surface area contributed by atoms with Crippen LogP contribution in [0.5, 0.6) is 5.75 Å². The molecule has 4 heteroatoms. The van der Waals surface area contributed by atoms with Gasteiger partial charge in [-0.2, -0.15) is 0 Å². The van der Waals surface area contributed by atoms with Crippen molar-refractivity contribution in [2.75, 3.05) is 19.7 Å². The Hall–Kier alpha value is -2.33. The highest BCUT2D eigenvalue weighted by Crippen LogP contribution is 2.20. The van der Waals surface area contributed by atoms with Crippen LogP contribution in [-0.4, -0.2) is 47.5 Å². The summed E-state index contributed by atoms with van der Waals surface area (Å²) in [6.45, 7) is 9.56. The Morgan fingerprint density at radius 1 is 0.963 bits per heavy atom. The van der Waals surface area contributed by atoms with Gasteiger partial charge in [-0.3, -0.25) is 9.69 Å². The molecule has 0 spiro atoms. The summed E-state index contributed by atoms with van der Waals surface area (Å²) in [4.78, 5) is 17.3. The van der Waals surface area contributed by atoms with Crippen molar-refractivity contribution in [3.05, 3.63) is 65.7 Å². The number of benzene rings is 2. The van der Waals surface area contributed by atoms with Crippen molar-refractivity contribution in [3.8, 4) is 5.75 Å². The highest BCUT2D eigenvalue weighted by atomic mass is 16.5. The molecule has 0 aliphatic carbocycles. The van der Waals surface area contributed by atoms with Crippen LogP contribution in [0.2, 0.25) is 0 Å². The molecule has 0 radical (unpaired) electrons. The Kier molecular flexibility index (Phi) is 6.51. The Bertz CT molecular complexity index is 718. The number of hydrogen-bond donors (Lipinski definition) is 0. The molecule has 0 bridgehead atoms. The van der Waals surface area contributed by atoms with Gasteiger partial charge >= 0.3 is 0 Å². The maximum Gasteiger partial charge on any atom is 0.227 e. The predicted molar refractivity (Wildman–Crippen MR) is 109 cm³/mol. The van der Waals surface area contributed by atoms with Gasteiger partial charge in [0.05, 0.1) is 13.0 Å². The third kappa shape index (κ3) is 5.10. The van der Waals surface area contributed by atoms with Gasteiger partial charge in [-0.15, -0.1) is 0 Å². The van der Waals surface area contributed by atoms with Gasteiger partial charge in [0, 0.05) is 31.7 Å². The first-order chi connectivity index (χ1) is 13.1. The van der Waals surface area contributed by atoms with E-state index in [0.29, 0.717) is 25.1 Å². The van der Waals surface area contributed by atoms with Crippen molar-refractivity contribution in [2.45, 2.75) is 45.8 Å². The van der Waals surface area contributed by atoms with Crippen molar-refractivity contribution < 1.29 is 9.53 Å². The molecule has 144 valence electrons. The molecule has 1 saturated heterocycles. The van der Waals surface area contributed by atoms with E-state index in [-0.39, 0.29) is 5.91 Å². The summed E-state index contributed by atoms with van der Waals surface area (Å²) in [6, 6.07) is 19.1. The summed E-state index contributed by atoms with van der Waals surface area (Å²) in [5, 5.41) is 0. The molecule has 1 aliphatic heterocycles. The van der Waals surface area contributed by atoms with Crippen LogP contribution in [0.1, 0.15) is 31.9 Å². The molecule has 3 rings (SSSR count). The zero-order chi connectivity index (χ0) is 19.2. The summed E-state index contributed by atoms with van der Waals surface area (Å²) in [6.07, 6.45) is 0.449. The topological polar surface area (TPSA) is 32.8 Å². The van der Waals surface area contributed by atoms with Gasteiger partial charge in [0.2, 0.25) is 5.91 Å². The zero-order valence-corrected chi connectivity index (χ0v) is 16.6. The summed E-state index contributed by atoms with van der Waals surface area (Å²) >= 11 is 0. The van der Waals surface area contributed by atoms with Gasteiger partial charge in [-0.1, -0.05) is 42.5 Å². The van der Waals surface area contributed by atoms with Crippen LogP contribution in [0.15, 0.2) is 54.6 Å². The van der Waals surface area contributed by atoms with Crippen LogP contribution in [0, 0.1) is 0 Å². The SMILES string of the molecule is CCOc1ccc(CC(=O)N2CC(C)N(Cc3ccccc3)C(C)C2)cc1. The fourth-order valence-electron chi connectivity index (χ4n) is 3.82. The van der Waals surface area contributed by atoms with Gasteiger partial charge in [0.15, 0.2) is 0 Å². The first kappa shape index (κ1) is 19.4. The molecule has 0 aromatic heterocycles. The van der Waals surface area contributed by atoms with Gasteiger partial charge in [-0.05, 0) is 44.0 Å². The first-order valence-corrected chi connectivity index (χ1v) is 9.86. The Balaban J connectivity index is 1.57. The number of rotatable bonds is 6. The first-order valence-electron chi connectivity index (χ1n) is 9.86. The third-order valence-electron chi connectivity index (χ3n) is 5.25. The fraction of sp³-hybridized carbons (Fsp3) is 0.435. The van der Waals surface area contributed by atoms with Crippen LogP contribution in [0.25, 0.3) is 0 Å². The number of carbonyl (C=O) groups excluding carboxylic acids is 1. The van der Waals surface area contributed by atoms with Gasteiger partial charge in [0.25, 0.3) is 0 Å². The third-order valence-corrected chi connectivity index (χ3v) is 5.25. The lowest BCUT2D eigenvalue weighted by Gasteiger charge is -2.44. The molecule has 2 unspecified atom stereocenters. The molecule has 1 aliphatic rings. The number of hydrogen-bond acceptors (Lipinski definition) is 3. The molecule has 1 fully saturated rings. The van der Waals surface area contributed by atoms with E-state index in [9.17, 15) is 4.79 Å². The van der Waals surface area contributed by atoms with E-state index in [1.807, 2.05) is 42.2 Å². The second-order valence-electron chi connectivity index (χ2n) is 7.41. The van der Waals surface area contributed by atoms with E-state index in [2.05, 4.69) is 43.0 Å². The molecule has 4 nitrogen and oxygen atoms in total. The fourth-order valence-corrected chi connectivity index (χ4v) is 3.82. The van der Waals surface area contributed by atoms with Gasteiger partial charge in [-0.25, -0.2) is 0 Å². The highest BCUT2D eigenvalue weighted by molar-refractivity contribution is 5.79. The largest absolute Gasteiger partial charge is 0.494 e. The number of nitrogens with zero attached hydrogens (tertiary/aromatic N) is 2. The van der Waals surface area contributed by atoms with Crippen LogP contribution in [-0.2, 0) is 17.8 Å². The normalized spacial score (nSPS) is 20.5. The Morgan fingerprint density at radius 3 is 2.19 bits per heavy atom. The van der Waals surface area contributed by atoms with Crippen LogP contribution >= 0.6 is 0 Å². The van der Waals surface area contributed by atoms with E-state index in [0.717, 1.165) is 30.9 Å². The molecule has 0 saturated carbocycles. The van der Waals surface area contributed by atoms with E-state index < -0.39 is 0 Å². The molecule has 2 aromatic rings. The van der Waals surface area contributed by atoms with E-state index in [4.69, 9.17) is 4.74 Å². The minimum absolute atomic E-state index is 0.206. The lowest BCUT2D eigenvalue weighted by atomic mass is 10.0. The van der Waals surface area contributed by atoms with Crippen LogP contribution < -0.4 is 4.74 Å². The highest BCUT2D eigenvalue weighted by Gasteiger charge is 2.31. The molecule has 27 heavy (non-hydrogen) atoms. The van der Waals surface area contributed by atoms with Crippen LogP contribution in [0.4, 0.5) is 0 Å². The maximum absolute atomic E-state index is 12.8. The van der Waals surface area contributed by atoms with Crippen molar-refractivity contribution in [3.63, 3.8) is 0 Å². The summed E-state index contributed by atoms with van der Waals surface area (Å²) in [5.74, 6) is 1.06. The number of carbonyl (C=O) groups is 1. The molecule has 0 N–H and O–H groups in total. The summed E-state index contributed by atoms with van der Waals surface area (Å²) in [7, 11) is 0. The molecular formula is C23H30N2O2. The monoisotopic (exact) mass is 366 g/mol. The van der Waals surface area contributed by atoms with Crippen molar-refractivity contribution >= 4 is 5.91 Å². The van der Waals surface area contributed by atoms with Crippen molar-refractivity contribution in [1.29, 1.82) is 0 Å². The zero-order valence-electron chi connectivity index (χ0n) is 16.6. The molecular weight excluding hydrogens is 336 g/mol. The average Bonchev–Trinajstić information content (AvgIpc) is 2.67. The maximum atomic E-state index is 12.8. The Morgan fingerprint density at radius 2 is 1.59 bits per heavy atom. The molecule has 1 heterocycles. The Labute approximate surface area is 162 Å². The minimum atomic E-state index is 0.206. The smallest absolute Gasteiger partial charge is 0.227 e. The van der Waals surface area contributed by atoms with Gasteiger partial charge in [0.1, 0.15) is 5.75 Å².